The Morgan fingerprint density at radius 1 is 1.38 bits per heavy atom. The minimum atomic E-state index is 0.733. The first-order valence-corrected chi connectivity index (χ1v) is 5.21. The van der Waals surface area contributed by atoms with Crippen LogP contribution in [0.5, 0.6) is 0 Å². The van der Waals surface area contributed by atoms with Crippen molar-refractivity contribution in [2.24, 2.45) is 5.92 Å². The second-order valence-corrected chi connectivity index (χ2v) is 3.63. The van der Waals surface area contributed by atoms with Gasteiger partial charge in [0.1, 0.15) is 0 Å². The number of hydrogen-bond acceptors (Lipinski definition) is 3. The third-order valence-corrected chi connectivity index (χ3v) is 2.39. The summed E-state index contributed by atoms with van der Waals surface area (Å²) in [6.45, 7) is 4.87. The fourth-order valence-corrected chi connectivity index (χ4v) is 1.62. The molecule has 1 fully saturated rings. The molecule has 0 saturated carbocycles. The smallest absolute Gasteiger partial charge is 0.0506 e. The molecule has 0 radical (unpaired) electrons. The Morgan fingerprint density at radius 3 is 3.00 bits per heavy atom. The zero-order valence-electron chi connectivity index (χ0n) is 8.55. The van der Waals surface area contributed by atoms with Crippen LogP contribution in [-0.2, 0) is 9.47 Å². The van der Waals surface area contributed by atoms with E-state index < -0.39 is 0 Å². The van der Waals surface area contributed by atoms with E-state index in [1.165, 1.54) is 19.4 Å². The van der Waals surface area contributed by atoms with E-state index in [9.17, 15) is 0 Å². The molecule has 0 amide bonds. The summed E-state index contributed by atoms with van der Waals surface area (Å²) in [5.41, 5.74) is 0. The standard InChI is InChI=1S/C10H21NO2/c1-12-6-3-7-13-9-10-4-2-5-11-8-10/h10-11H,2-9H2,1H3/t10-/m0/s1. The van der Waals surface area contributed by atoms with Crippen molar-refractivity contribution >= 4 is 0 Å². The molecule has 0 aliphatic carbocycles. The Hall–Kier alpha value is -0.120. The van der Waals surface area contributed by atoms with Crippen molar-refractivity contribution in [2.75, 3.05) is 40.0 Å². The topological polar surface area (TPSA) is 30.5 Å². The molecule has 1 atom stereocenters. The molecule has 3 nitrogen and oxygen atoms in total. The highest BCUT2D eigenvalue weighted by Gasteiger charge is 2.12. The van der Waals surface area contributed by atoms with Crippen LogP contribution in [0.4, 0.5) is 0 Å². The molecule has 78 valence electrons. The summed E-state index contributed by atoms with van der Waals surface area (Å²) in [5, 5.41) is 3.38. The van der Waals surface area contributed by atoms with Gasteiger partial charge in [-0.15, -0.1) is 0 Å². The van der Waals surface area contributed by atoms with Gasteiger partial charge in [-0.05, 0) is 31.7 Å². The van der Waals surface area contributed by atoms with Crippen LogP contribution in [0.3, 0.4) is 0 Å². The van der Waals surface area contributed by atoms with E-state index in [2.05, 4.69) is 5.32 Å². The van der Waals surface area contributed by atoms with Gasteiger partial charge in [0.15, 0.2) is 0 Å². The Morgan fingerprint density at radius 2 is 2.31 bits per heavy atom. The average Bonchev–Trinajstić information content (AvgIpc) is 2.19. The maximum absolute atomic E-state index is 5.56. The van der Waals surface area contributed by atoms with Gasteiger partial charge in [-0.2, -0.15) is 0 Å². The molecule has 1 aliphatic heterocycles. The largest absolute Gasteiger partial charge is 0.385 e. The van der Waals surface area contributed by atoms with Crippen molar-refractivity contribution in [3.05, 3.63) is 0 Å². The van der Waals surface area contributed by atoms with E-state index in [1.54, 1.807) is 7.11 Å². The Kier molecular flexibility index (Phi) is 6.15. The van der Waals surface area contributed by atoms with E-state index in [0.717, 1.165) is 38.7 Å². The van der Waals surface area contributed by atoms with Crippen LogP contribution < -0.4 is 5.32 Å². The van der Waals surface area contributed by atoms with Crippen LogP contribution >= 0.6 is 0 Å². The second-order valence-electron chi connectivity index (χ2n) is 3.63. The lowest BCUT2D eigenvalue weighted by molar-refractivity contribution is 0.0719. The number of hydrogen-bond donors (Lipinski definition) is 1. The molecule has 1 N–H and O–H groups in total. The van der Waals surface area contributed by atoms with Gasteiger partial charge in [-0.3, -0.25) is 0 Å². The molecule has 3 heteroatoms. The summed E-state index contributed by atoms with van der Waals surface area (Å²) >= 11 is 0. The van der Waals surface area contributed by atoms with Crippen LogP contribution in [0.15, 0.2) is 0 Å². The molecule has 0 aromatic carbocycles. The monoisotopic (exact) mass is 187 g/mol. The predicted molar refractivity (Wildman–Crippen MR) is 52.9 cm³/mol. The molecule has 0 bridgehead atoms. The first-order valence-electron chi connectivity index (χ1n) is 5.21. The van der Waals surface area contributed by atoms with Crippen LogP contribution in [-0.4, -0.2) is 40.0 Å². The fourth-order valence-electron chi connectivity index (χ4n) is 1.62. The molecule has 0 spiro atoms. The summed E-state index contributed by atoms with van der Waals surface area (Å²) in [6.07, 6.45) is 3.63. The van der Waals surface area contributed by atoms with E-state index >= 15 is 0 Å². The highest BCUT2D eigenvalue weighted by molar-refractivity contribution is 4.67. The minimum absolute atomic E-state index is 0.733. The number of piperidine rings is 1. The summed E-state index contributed by atoms with van der Waals surface area (Å²) in [4.78, 5) is 0. The van der Waals surface area contributed by atoms with Gasteiger partial charge in [0.2, 0.25) is 0 Å². The normalized spacial score (nSPS) is 23.3. The molecule has 1 aliphatic rings. The van der Waals surface area contributed by atoms with E-state index in [4.69, 9.17) is 9.47 Å². The van der Waals surface area contributed by atoms with Gasteiger partial charge in [0, 0.05) is 26.9 Å². The lowest BCUT2D eigenvalue weighted by Crippen LogP contribution is -2.32. The average molecular weight is 187 g/mol. The predicted octanol–water partition coefficient (Wildman–Crippen LogP) is 1.04. The van der Waals surface area contributed by atoms with Crippen molar-refractivity contribution in [3.63, 3.8) is 0 Å². The summed E-state index contributed by atoms with van der Waals surface area (Å²) in [5.74, 6) is 0.733. The van der Waals surface area contributed by atoms with Crippen molar-refractivity contribution < 1.29 is 9.47 Å². The maximum atomic E-state index is 5.56. The molecule has 1 rings (SSSR count). The fraction of sp³-hybridized carbons (Fsp3) is 1.00. The minimum Gasteiger partial charge on any atom is -0.385 e. The van der Waals surface area contributed by atoms with Gasteiger partial charge >= 0.3 is 0 Å². The van der Waals surface area contributed by atoms with Crippen molar-refractivity contribution in [1.29, 1.82) is 0 Å². The van der Waals surface area contributed by atoms with E-state index in [-0.39, 0.29) is 0 Å². The van der Waals surface area contributed by atoms with E-state index in [0.29, 0.717) is 0 Å². The van der Waals surface area contributed by atoms with Crippen LogP contribution in [0.2, 0.25) is 0 Å². The first kappa shape index (κ1) is 11.0. The Bertz CT molecular complexity index is 113. The summed E-state index contributed by atoms with van der Waals surface area (Å²) in [6, 6.07) is 0. The number of rotatable bonds is 6. The highest BCUT2D eigenvalue weighted by atomic mass is 16.5. The molecule has 1 saturated heterocycles. The van der Waals surface area contributed by atoms with Gasteiger partial charge in [-0.25, -0.2) is 0 Å². The lowest BCUT2D eigenvalue weighted by atomic mass is 10.0. The van der Waals surface area contributed by atoms with Crippen molar-refractivity contribution in [3.8, 4) is 0 Å². The number of nitrogens with one attached hydrogen (secondary N) is 1. The molecule has 13 heavy (non-hydrogen) atoms. The van der Waals surface area contributed by atoms with Crippen molar-refractivity contribution in [1.82, 2.24) is 5.32 Å². The molecule has 1 heterocycles. The summed E-state index contributed by atoms with van der Waals surface area (Å²) in [7, 11) is 1.73. The SMILES string of the molecule is COCCCOC[C@H]1CCCNC1. The van der Waals surface area contributed by atoms with Crippen LogP contribution in [0.1, 0.15) is 19.3 Å². The Labute approximate surface area is 80.8 Å². The highest BCUT2D eigenvalue weighted by Crippen LogP contribution is 2.09. The lowest BCUT2D eigenvalue weighted by Gasteiger charge is -2.22. The zero-order valence-corrected chi connectivity index (χ0v) is 8.55. The van der Waals surface area contributed by atoms with Crippen molar-refractivity contribution in [2.45, 2.75) is 19.3 Å². The first-order chi connectivity index (χ1) is 6.43. The van der Waals surface area contributed by atoms with E-state index in [1.807, 2.05) is 0 Å². The number of methoxy groups -OCH3 is 1. The van der Waals surface area contributed by atoms with Gasteiger partial charge < -0.3 is 14.8 Å². The Balaban J connectivity index is 1.86. The van der Waals surface area contributed by atoms with Crippen LogP contribution in [0, 0.1) is 5.92 Å². The molecule has 0 aromatic heterocycles. The maximum Gasteiger partial charge on any atom is 0.0506 e. The van der Waals surface area contributed by atoms with Gasteiger partial charge in [0.05, 0.1) is 6.61 Å². The van der Waals surface area contributed by atoms with Crippen LogP contribution in [0.25, 0.3) is 0 Å². The zero-order chi connectivity index (χ0) is 9.36. The number of ether oxygens (including phenoxy) is 2. The quantitative estimate of drug-likeness (QED) is 0.630. The van der Waals surface area contributed by atoms with Gasteiger partial charge in [-0.1, -0.05) is 0 Å². The van der Waals surface area contributed by atoms with Gasteiger partial charge in [0.25, 0.3) is 0 Å². The molecular weight excluding hydrogens is 166 g/mol. The second kappa shape index (κ2) is 7.30. The molecular formula is C10H21NO2. The molecule has 0 unspecified atom stereocenters. The molecule has 0 aromatic rings. The third-order valence-electron chi connectivity index (χ3n) is 2.39. The third kappa shape index (κ3) is 5.24. The summed E-state index contributed by atoms with van der Waals surface area (Å²) < 4.78 is 10.5.